The molecule has 0 aliphatic heterocycles. The first-order valence-electron chi connectivity index (χ1n) is 6.83. The fourth-order valence-electron chi connectivity index (χ4n) is 2.91. The second-order valence-electron chi connectivity index (χ2n) is 5.53. The van der Waals surface area contributed by atoms with Gasteiger partial charge in [0.05, 0.1) is 5.69 Å². The third-order valence-corrected chi connectivity index (χ3v) is 4.08. The number of nitrogens with two attached hydrogens (primary N) is 1. The lowest BCUT2D eigenvalue weighted by atomic mass is 9.86. The fourth-order valence-corrected chi connectivity index (χ4v) is 2.91. The molecule has 100 valence electrons. The average molecular weight is 250 g/mol. The Morgan fingerprint density at radius 3 is 2.78 bits per heavy atom. The van der Waals surface area contributed by atoms with Gasteiger partial charge in [-0.3, -0.25) is 0 Å². The van der Waals surface area contributed by atoms with Crippen molar-refractivity contribution in [2.75, 3.05) is 11.9 Å². The maximum absolute atomic E-state index is 14.0. The second kappa shape index (κ2) is 5.70. The van der Waals surface area contributed by atoms with E-state index in [0.29, 0.717) is 18.3 Å². The molecule has 0 spiro atoms. The highest BCUT2D eigenvalue weighted by atomic mass is 19.1. The van der Waals surface area contributed by atoms with Gasteiger partial charge in [-0.05, 0) is 36.5 Å². The number of halogens is 1. The number of anilines is 1. The second-order valence-corrected chi connectivity index (χ2v) is 5.53. The Labute approximate surface area is 109 Å². The Kier molecular flexibility index (Phi) is 4.23. The smallest absolute Gasteiger partial charge is 0.146 e. The topological polar surface area (TPSA) is 29.3 Å². The maximum atomic E-state index is 14.0. The Morgan fingerprint density at radius 1 is 1.39 bits per heavy atom. The van der Waals surface area contributed by atoms with Crippen molar-refractivity contribution in [3.8, 4) is 0 Å². The van der Waals surface area contributed by atoms with Crippen molar-refractivity contribution in [1.82, 2.24) is 0 Å². The van der Waals surface area contributed by atoms with Crippen LogP contribution in [0.15, 0.2) is 18.2 Å². The number of hydrogen-bond acceptors (Lipinski definition) is 2. The molecule has 0 heterocycles. The highest BCUT2D eigenvalue weighted by molar-refractivity contribution is 5.49. The van der Waals surface area contributed by atoms with Crippen LogP contribution in [0.25, 0.3) is 0 Å². The number of nitrogens with zero attached hydrogens (tertiary/aromatic N) is 1. The van der Waals surface area contributed by atoms with Crippen LogP contribution in [-0.4, -0.2) is 13.1 Å². The molecule has 2 rings (SSSR count). The van der Waals surface area contributed by atoms with Crippen LogP contribution >= 0.6 is 0 Å². The summed E-state index contributed by atoms with van der Waals surface area (Å²) in [4.78, 5) is 2.10. The van der Waals surface area contributed by atoms with Crippen LogP contribution < -0.4 is 10.6 Å². The molecule has 1 saturated carbocycles. The fraction of sp³-hybridized carbons (Fsp3) is 0.600. The molecule has 1 aromatic carbocycles. The molecule has 18 heavy (non-hydrogen) atoms. The summed E-state index contributed by atoms with van der Waals surface area (Å²) in [6.07, 6.45) is 4.88. The summed E-state index contributed by atoms with van der Waals surface area (Å²) in [6.45, 7) is 2.68. The molecule has 0 bridgehead atoms. The molecule has 2 unspecified atom stereocenters. The lowest BCUT2D eigenvalue weighted by Crippen LogP contribution is -2.36. The predicted octanol–water partition coefficient (Wildman–Crippen LogP) is 3.30. The highest BCUT2D eigenvalue weighted by Crippen LogP contribution is 2.30. The first kappa shape index (κ1) is 13.3. The van der Waals surface area contributed by atoms with E-state index in [-0.39, 0.29) is 5.82 Å². The van der Waals surface area contributed by atoms with Crippen LogP contribution in [0.1, 0.15) is 38.2 Å². The Morgan fingerprint density at radius 2 is 2.17 bits per heavy atom. The molecular formula is C15H23FN2. The first-order valence-corrected chi connectivity index (χ1v) is 6.83. The van der Waals surface area contributed by atoms with E-state index in [0.717, 1.165) is 17.9 Å². The van der Waals surface area contributed by atoms with E-state index in [4.69, 9.17) is 5.73 Å². The van der Waals surface area contributed by atoms with Gasteiger partial charge >= 0.3 is 0 Å². The van der Waals surface area contributed by atoms with Crippen molar-refractivity contribution in [3.63, 3.8) is 0 Å². The molecule has 3 heteroatoms. The number of rotatable bonds is 3. The Hall–Kier alpha value is -1.09. The van der Waals surface area contributed by atoms with Gasteiger partial charge in [-0.1, -0.05) is 25.8 Å². The lowest BCUT2D eigenvalue weighted by molar-refractivity contribution is 0.335. The normalized spacial score (nSPS) is 24.0. The molecule has 0 amide bonds. The zero-order valence-electron chi connectivity index (χ0n) is 11.3. The third-order valence-electron chi connectivity index (χ3n) is 4.08. The van der Waals surface area contributed by atoms with E-state index >= 15 is 0 Å². The summed E-state index contributed by atoms with van der Waals surface area (Å²) < 4.78 is 14.0. The molecule has 2 atom stereocenters. The summed E-state index contributed by atoms with van der Waals surface area (Å²) in [5.74, 6) is 0.594. The minimum Gasteiger partial charge on any atom is -0.369 e. The molecule has 1 fully saturated rings. The van der Waals surface area contributed by atoms with E-state index < -0.39 is 0 Å². The molecule has 1 aliphatic rings. The SMILES string of the molecule is CC1CCCC(N(C)c2ccc(CN)cc2F)C1. The van der Waals surface area contributed by atoms with Gasteiger partial charge in [0.2, 0.25) is 0 Å². The Balaban J connectivity index is 2.15. The molecule has 2 nitrogen and oxygen atoms in total. The van der Waals surface area contributed by atoms with Crippen LogP contribution in [-0.2, 0) is 6.54 Å². The number of benzene rings is 1. The Bertz CT molecular complexity index is 405. The van der Waals surface area contributed by atoms with E-state index in [1.165, 1.54) is 19.3 Å². The summed E-state index contributed by atoms with van der Waals surface area (Å²) in [5, 5.41) is 0. The lowest BCUT2D eigenvalue weighted by Gasteiger charge is -2.35. The first-order chi connectivity index (χ1) is 8.61. The van der Waals surface area contributed by atoms with Gasteiger partial charge < -0.3 is 10.6 Å². The van der Waals surface area contributed by atoms with Crippen LogP contribution in [0, 0.1) is 11.7 Å². The molecule has 0 radical (unpaired) electrons. The van der Waals surface area contributed by atoms with Gasteiger partial charge in [0.25, 0.3) is 0 Å². The van der Waals surface area contributed by atoms with Gasteiger partial charge in [0.1, 0.15) is 5.82 Å². The van der Waals surface area contributed by atoms with Crippen molar-refractivity contribution >= 4 is 5.69 Å². The van der Waals surface area contributed by atoms with E-state index in [2.05, 4.69) is 11.8 Å². The summed E-state index contributed by atoms with van der Waals surface area (Å²) >= 11 is 0. The van der Waals surface area contributed by atoms with E-state index in [1.807, 2.05) is 19.2 Å². The van der Waals surface area contributed by atoms with Crippen molar-refractivity contribution in [2.45, 2.75) is 45.2 Å². The molecule has 1 aromatic rings. The predicted molar refractivity (Wildman–Crippen MR) is 74.1 cm³/mol. The number of hydrogen-bond donors (Lipinski definition) is 1. The molecular weight excluding hydrogens is 227 g/mol. The summed E-state index contributed by atoms with van der Waals surface area (Å²) in [5.41, 5.74) is 7.07. The van der Waals surface area contributed by atoms with Gasteiger partial charge in [-0.15, -0.1) is 0 Å². The van der Waals surface area contributed by atoms with Gasteiger partial charge in [0.15, 0.2) is 0 Å². The van der Waals surface area contributed by atoms with Crippen LogP contribution in [0.2, 0.25) is 0 Å². The average Bonchev–Trinajstić information content (AvgIpc) is 2.37. The molecule has 0 saturated heterocycles. The van der Waals surface area contributed by atoms with Crippen molar-refractivity contribution in [2.24, 2.45) is 11.7 Å². The minimum absolute atomic E-state index is 0.154. The van der Waals surface area contributed by atoms with Gasteiger partial charge in [-0.25, -0.2) is 4.39 Å². The van der Waals surface area contributed by atoms with Crippen LogP contribution in [0.4, 0.5) is 10.1 Å². The van der Waals surface area contributed by atoms with Gasteiger partial charge in [-0.2, -0.15) is 0 Å². The maximum Gasteiger partial charge on any atom is 0.146 e. The van der Waals surface area contributed by atoms with E-state index in [9.17, 15) is 4.39 Å². The summed E-state index contributed by atoms with van der Waals surface area (Å²) in [7, 11) is 2.00. The van der Waals surface area contributed by atoms with Crippen LogP contribution in [0.5, 0.6) is 0 Å². The van der Waals surface area contributed by atoms with E-state index in [1.54, 1.807) is 6.07 Å². The van der Waals surface area contributed by atoms with Crippen molar-refractivity contribution < 1.29 is 4.39 Å². The largest absolute Gasteiger partial charge is 0.369 e. The summed E-state index contributed by atoms with van der Waals surface area (Å²) in [6, 6.07) is 5.79. The third kappa shape index (κ3) is 2.83. The van der Waals surface area contributed by atoms with Crippen molar-refractivity contribution in [1.29, 1.82) is 0 Å². The monoisotopic (exact) mass is 250 g/mol. The standard InChI is InChI=1S/C15H23FN2/c1-11-4-3-5-13(8-11)18(2)15-7-6-12(10-17)9-14(15)16/h6-7,9,11,13H,3-5,8,10,17H2,1-2H3. The zero-order chi connectivity index (χ0) is 13.1. The quantitative estimate of drug-likeness (QED) is 0.892. The van der Waals surface area contributed by atoms with Gasteiger partial charge in [0, 0.05) is 19.6 Å². The zero-order valence-corrected chi connectivity index (χ0v) is 11.3. The molecule has 0 aromatic heterocycles. The van der Waals surface area contributed by atoms with Crippen molar-refractivity contribution in [3.05, 3.63) is 29.6 Å². The highest BCUT2D eigenvalue weighted by Gasteiger charge is 2.23. The molecule has 2 N–H and O–H groups in total. The molecule has 1 aliphatic carbocycles. The van der Waals surface area contributed by atoms with Crippen LogP contribution in [0.3, 0.4) is 0 Å². The minimum atomic E-state index is -0.154.